The quantitative estimate of drug-likeness (QED) is 0.594. The number of rotatable bonds is 6. The number of fused-ring (bicyclic) bond motifs is 1. The maximum atomic E-state index is 12.7. The fraction of sp³-hybridized carbons (Fsp3) is 0.545. The number of hydrogen-bond acceptors (Lipinski definition) is 7. The van der Waals surface area contributed by atoms with Gasteiger partial charge in [-0.3, -0.25) is 4.79 Å². The highest BCUT2D eigenvalue weighted by molar-refractivity contribution is 7.18. The van der Waals surface area contributed by atoms with Gasteiger partial charge in [0, 0.05) is 38.6 Å². The van der Waals surface area contributed by atoms with Gasteiger partial charge in [-0.15, -0.1) is 11.3 Å². The average Bonchev–Trinajstić information content (AvgIpc) is 3.52. The van der Waals surface area contributed by atoms with Crippen LogP contribution in [0.25, 0.3) is 10.2 Å². The number of aromatic nitrogens is 3. The minimum absolute atomic E-state index is 0.152. The van der Waals surface area contributed by atoms with Crippen LogP contribution in [0.4, 0.5) is 0 Å². The number of benzene rings is 1. The lowest BCUT2D eigenvalue weighted by molar-refractivity contribution is -0.130. The molecule has 2 aromatic heterocycles. The van der Waals surface area contributed by atoms with Gasteiger partial charge in [-0.1, -0.05) is 17.3 Å². The van der Waals surface area contributed by atoms with Crippen LogP contribution >= 0.6 is 11.3 Å². The van der Waals surface area contributed by atoms with E-state index in [0.717, 1.165) is 68.2 Å². The molecular formula is C22H26N4O3S. The van der Waals surface area contributed by atoms with Crippen LogP contribution in [0.5, 0.6) is 0 Å². The predicted molar refractivity (Wildman–Crippen MR) is 114 cm³/mol. The van der Waals surface area contributed by atoms with Gasteiger partial charge in [-0.25, -0.2) is 4.98 Å². The Hall–Kier alpha value is -2.32. The van der Waals surface area contributed by atoms with E-state index in [1.54, 1.807) is 11.3 Å². The van der Waals surface area contributed by atoms with Gasteiger partial charge in [0.2, 0.25) is 11.8 Å². The number of likely N-dealkylation sites (tertiary alicyclic amines) is 1. The topological polar surface area (TPSA) is 81.4 Å². The predicted octanol–water partition coefficient (Wildman–Crippen LogP) is 3.91. The second-order valence-electron chi connectivity index (χ2n) is 8.13. The van der Waals surface area contributed by atoms with E-state index in [-0.39, 0.29) is 11.8 Å². The molecule has 4 heterocycles. The summed E-state index contributed by atoms with van der Waals surface area (Å²) >= 11 is 1.72. The fourth-order valence-electron chi connectivity index (χ4n) is 4.30. The SMILES string of the molecule is O=C(CCCc1nc2ccccc2s1)N1CCC(c2nc(C3CCOCC3)no2)C1. The molecule has 2 aliphatic heterocycles. The molecule has 1 amide bonds. The summed E-state index contributed by atoms with van der Waals surface area (Å²) in [6.07, 6.45) is 5.01. The Kier molecular flexibility index (Phi) is 5.77. The summed E-state index contributed by atoms with van der Waals surface area (Å²) in [5, 5.41) is 5.31. The van der Waals surface area contributed by atoms with E-state index >= 15 is 0 Å². The van der Waals surface area contributed by atoms with Gasteiger partial charge in [0.1, 0.15) is 0 Å². The molecule has 1 aromatic carbocycles. The molecule has 5 rings (SSSR count). The average molecular weight is 427 g/mol. The molecule has 0 saturated carbocycles. The highest BCUT2D eigenvalue weighted by Crippen LogP contribution is 2.30. The van der Waals surface area contributed by atoms with Crippen molar-refractivity contribution in [1.29, 1.82) is 0 Å². The highest BCUT2D eigenvalue weighted by Gasteiger charge is 2.32. The fourth-order valence-corrected chi connectivity index (χ4v) is 5.31. The normalized spacial score (nSPS) is 20.3. The maximum Gasteiger partial charge on any atom is 0.231 e. The number of nitrogens with zero attached hydrogens (tertiary/aromatic N) is 4. The number of amides is 1. The summed E-state index contributed by atoms with van der Waals surface area (Å²) in [6.45, 7) is 2.96. The van der Waals surface area contributed by atoms with E-state index in [1.807, 2.05) is 23.1 Å². The molecule has 8 heteroatoms. The lowest BCUT2D eigenvalue weighted by atomic mass is 10.00. The maximum absolute atomic E-state index is 12.7. The first-order chi connectivity index (χ1) is 14.8. The minimum Gasteiger partial charge on any atom is -0.381 e. The van der Waals surface area contributed by atoms with Gasteiger partial charge in [0.15, 0.2) is 5.82 Å². The van der Waals surface area contributed by atoms with Crippen LogP contribution in [-0.2, 0) is 16.0 Å². The first-order valence-corrected chi connectivity index (χ1v) is 11.6. The smallest absolute Gasteiger partial charge is 0.231 e. The Labute approximate surface area is 179 Å². The summed E-state index contributed by atoms with van der Waals surface area (Å²) in [7, 11) is 0. The van der Waals surface area contributed by atoms with E-state index in [0.29, 0.717) is 24.8 Å². The van der Waals surface area contributed by atoms with Crippen LogP contribution in [0.2, 0.25) is 0 Å². The molecule has 158 valence electrons. The Morgan fingerprint density at radius 2 is 2.00 bits per heavy atom. The van der Waals surface area contributed by atoms with Crippen molar-refractivity contribution in [1.82, 2.24) is 20.0 Å². The molecule has 3 aromatic rings. The van der Waals surface area contributed by atoms with Gasteiger partial charge in [-0.2, -0.15) is 4.98 Å². The number of carbonyl (C=O) groups is 1. The van der Waals surface area contributed by atoms with Crippen molar-refractivity contribution in [2.45, 2.75) is 50.4 Å². The Morgan fingerprint density at radius 3 is 2.87 bits per heavy atom. The highest BCUT2D eigenvalue weighted by atomic mass is 32.1. The van der Waals surface area contributed by atoms with E-state index in [1.165, 1.54) is 4.70 Å². The summed E-state index contributed by atoms with van der Waals surface area (Å²) < 4.78 is 12.2. The molecule has 0 spiro atoms. The summed E-state index contributed by atoms with van der Waals surface area (Å²) in [6, 6.07) is 8.18. The molecule has 2 saturated heterocycles. The molecular weight excluding hydrogens is 400 g/mol. The molecule has 30 heavy (non-hydrogen) atoms. The molecule has 0 bridgehead atoms. The van der Waals surface area contributed by atoms with Gasteiger partial charge in [-0.05, 0) is 44.2 Å². The van der Waals surface area contributed by atoms with Crippen LogP contribution in [0, 0.1) is 0 Å². The van der Waals surface area contributed by atoms with Crippen molar-refractivity contribution in [3.63, 3.8) is 0 Å². The largest absolute Gasteiger partial charge is 0.381 e. The van der Waals surface area contributed by atoms with Crippen molar-refractivity contribution in [2.24, 2.45) is 0 Å². The van der Waals surface area contributed by atoms with E-state index in [2.05, 4.69) is 21.2 Å². The molecule has 2 fully saturated rings. The number of ether oxygens (including phenoxy) is 1. The molecule has 7 nitrogen and oxygen atoms in total. The monoisotopic (exact) mass is 426 g/mol. The standard InChI is InChI=1S/C22H26N4O3S/c27-20(7-3-6-19-23-17-4-1-2-5-18(17)30-19)26-11-8-16(14-26)22-24-21(25-29-22)15-9-12-28-13-10-15/h1-2,4-5,15-16H,3,6-14H2. The van der Waals surface area contributed by atoms with Gasteiger partial charge >= 0.3 is 0 Å². The zero-order valence-electron chi connectivity index (χ0n) is 17.0. The van der Waals surface area contributed by atoms with Crippen molar-refractivity contribution in [3.05, 3.63) is 41.0 Å². The van der Waals surface area contributed by atoms with Crippen molar-refractivity contribution in [2.75, 3.05) is 26.3 Å². The first kappa shape index (κ1) is 19.6. The Morgan fingerprint density at radius 1 is 1.13 bits per heavy atom. The second kappa shape index (κ2) is 8.81. The van der Waals surface area contributed by atoms with Crippen LogP contribution in [0.15, 0.2) is 28.8 Å². The Bertz CT molecular complexity index is 978. The molecule has 0 radical (unpaired) electrons. The molecule has 1 unspecified atom stereocenters. The number of hydrogen-bond donors (Lipinski definition) is 0. The Balaban J connectivity index is 1.11. The van der Waals surface area contributed by atoms with Gasteiger partial charge in [0.05, 0.1) is 21.1 Å². The lowest BCUT2D eigenvalue weighted by Gasteiger charge is -2.18. The molecule has 0 aliphatic carbocycles. The molecule has 2 aliphatic rings. The summed E-state index contributed by atoms with van der Waals surface area (Å²) in [5.74, 6) is 2.18. The summed E-state index contributed by atoms with van der Waals surface area (Å²) in [5.41, 5.74) is 1.05. The minimum atomic E-state index is 0.152. The second-order valence-corrected chi connectivity index (χ2v) is 9.25. The van der Waals surface area contributed by atoms with Crippen LogP contribution < -0.4 is 0 Å². The number of thiazole rings is 1. The van der Waals surface area contributed by atoms with Crippen LogP contribution in [0.3, 0.4) is 0 Å². The zero-order valence-corrected chi connectivity index (χ0v) is 17.8. The van der Waals surface area contributed by atoms with Gasteiger partial charge in [0.25, 0.3) is 0 Å². The third kappa shape index (κ3) is 4.25. The molecule has 1 atom stereocenters. The van der Waals surface area contributed by atoms with Crippen molar-refractivity contribution < 1.29 is 14.1 Å². The van der Waals surface area contributed by atoms with Crippen molar-refractivity contribution >= 4 is 27.5 Å². The zero-order chi connectivity index (χ0) is 20.3. The third-order valence-electron chi connectivity index (χ3n) is 6.05. The van der Waals surface area contributed by atoms with E-state index in [9.17, 15) is 4.79 Å². The van der Waals surface area contributed by atoms with Gasteiger partial charge < -0.3 is 14.2 Å². The lowest BCUT2D eigenvalue weighted by Crippen LogP contribution is -2.28. The van der Waals surface area contributed by atoms with Crippen LogP contribution in [-0.4, -0.2) is 52.2 Å². The van der Waals surface area contributed by atoms with Crippen molar-refractivity contribution in [3.8, 4) is 0 Å². The van der Waals surface area contributed by atoms with Crippen LogP contribution in [0.1, 0.15) is 60.7 Å². The first-order valence-electron chi connectivity index (χ1n) is 10.8. The molecule has 0 N–H and O–H groups in total. The number of carbonyl (C=O) groups excluding carboxylic acids is 1. The number of para-hydroxylation sites is 1. The number of aryl methyl sites for hydroxylation is 1. The van der Waals surface area contributed by atoms with E-state index in [4.69, 9.17) is 9.26 Å². The summed E-state index contributed by atoms with van der Waals surface area (Å²) in [4.78, 5) is 23.9. The third-order valence-corrected chi connectivity index (χ3v) is 7.15. The van der Waals surface area contributed by atoms with E-state index < -0.39 is 0 Å².